The van der Waals surface area contributed by atoms with Crippen molar-refractivity contribution in [2.24, 2.45) is 17.8 Å². The summed E-state index contributed by atoms with van der Waals surface area (Å²) in [4.78, 5) is 30.7. The highest BCUT2D eigenvalue weighted by molar-refractivity contribution is 5.96. The van der Waals surface area contributed by atoms with E-state index in [4.69, 9.17) is 4.42 Å². The number of amides is 2. The molecule has 2 amide bonds. The maximum Gasteiger partial charge on any atom is 0.287 e. The van der Waals surface area contributed by atoms with Gasteiger partial charge in [-0.25, -0.2) is 0 Å². The van der Waals surface area contributed by atoms with Crippen LogP contribution in [-0.4, -0.2) is 41.3 Å². The van der Waals surface area contributed by atoms with Gasteiger partial charge in [-0.3, -0.25) is 14.6 Å². The van der Waals surface area contributed by atoms with Gasteiger partial charge in [0.1, 0.15) is 0 Å². The summed E-state index contributed by atoms with van der Waals surface area (Å²) in [6.07, 6.45) is 4.23. The molecule has 28 heavy (non-hydrogen) atoms. The number of aromatic nitrogens is 1. The maximum atomic E-state index is 12.5. The number of nitrogens with one attached hydrogen (secondary N) is 1. The van der Waals surface area contributed by atoms with Gasteiger partial charge in [-0.1, -0.05) is 18.2 Å². The van der Waals surface area contributed by atoms with Crippen molar-refractivity contribution in [1.29, 1.82) is 0 Å². The Morgan fingerprint density at radius 1 is 1.14 bits per heavy atom. The Hall–Kier alpha value is -3.15. The van der Waals surface area contributed by atoms with E-state index < -0.39 is 0 Å². The third-order valence-corrected chi connectivity index (χ3v) is 5.99. The minimum Gasteiger partial charge on any atom is -0.449 e. The monoisotopic (exact) mass is 375 g/mol. The second kappa shape index (κ2) is 6.78. The number of carbonyl (C=O) groups is 2. The van der Waals surface area contributed by atoms with E-state index in [0.717, 1.165) is 30.5 Å². The lowest BCUT2D eigenvalue weighted by molar-refractivity contribution is 0.0767. The maximum absolute atomic E-state index is 12.5. The number of nitrogens with zero attached hydrogens (tertiary/aromatic N) is 2. The standard InChI is InChI=1S/C22H21N3O3/c26-21(19-10-15-6-8-23-11-20(15)28-19)24-9-7-16-17-12-25(13-18(16)17)22(27)14-4-2-1-3-5-14/h1-6,8,10-11,16-18H,7,9,12-13H2,(H,24,26). The summed E-state index contributed by atoms with van der Waals surface area (Å²) < 4.78 is 5.54. The van der Waals surface area contributed by atoms with Crippen molar-refractivity contribution >= 4 is 22.8 Å². The fourth-order valence-corrected chi connectivity index (χ4v) is 4.44. The van der Waals surface area contributed by atoms with Crippen LogP contribution in [0.25, 0.3) is 11.0 Å². The van der Waals surface area contributed by atoms with Crippen molar-refractivity contribution in [1.82, 2.24) is 15.2 Å². The molecule has 6 heteroatoms. The molecule has 1 saturated heterocycles. The zero-order chi connectivity index (χ0) is 19.1. The highest BCUT2D eigenvalue weighted by atomic mass is 16.3. The molecule has 2 aliphatic rings. The summed E-state index contributed by atoms with van der Waals surface area (Å²) >= 11 is 0. The molecule has 1 aliphatic heterocycles. The smallest absolute Gasteiger partial charge is 0.287 e. The third kappa shape index (κ3) is 3.05. The minimum atomic E-state index is -0.192. The highest BCUT2D eigenvalue weighted by Gasteiger charge is 2.55. The average molecular weight is 375 g/mol. The fraction of sp³-hybridized carbons (Fsp3) is 0.318. The van der Waals surface area contributed by atoms with Crippen molar-refractivity contribution in [3.63, 3.8) is 0 Å². The van der Waals surface area contributed by atoms with Gasteiger partial charge in [-0.2, -0.15) is 0 Å². The Labute approximate surface area is 162 Å². The summed E-state index contributed by atoms with van der Waals surface area (Å²) in [5, 5.41) is 3.82. The van der Waals surface area contributed by atoms with Gasteiger partial charge >= 0.3 is 0 Å². The molecule has 0 spiro atoms. The number of likely N-dealkylation sites (tertiary alicyclic amines) is 1. The van der Waals surface area contributed by atoms with Crippen LogP contribution in [-0.2, 0) is 0 Å². The van der Waals surface area contributed by atoms with E-state index in [-0.39, 0.29) is 11.8 Å². The topological polar surface area (TPSA) is 75.4 Å². The first-order valence-corrected chi connectivity index (χ1v) is 9.67. The molecule has 1 aliphatic carbocycles. The molecule has 1 saturated carbocycles. The molecule has 3 aromatic rings. The predicted octanol–water partition coefficient (Wildman–Crippen LogP) is 2.97. The van der Waals surface area contributed by atoms with Gasteiger partial charge in [0.2, 0.25) is 0 Å². The SMILES string of the molecule is O=C(NCCC1C2CN(C(=O)c3ccccc3)CC12)c1cc2ccncc2o1. The molecule has 1 N–H and O–H groups in total. The molecule has 3 heterocycles. The normalized spacial score (nSPS) is 22.9. The molecule has 1 aromatic carbocycles. The molecule has 2 unspecified atom stereocenters. The van der Waals surface area contributed by atoms with Crippen molar-refractivity contribution in [2.45, 2.75) is 6.42 Å². The van der Waals surface area contributed by atoms with E-state index in [9.17, 15) is 9.59 Å². The van der Waals surface area contributed by atoms with E-state index >= 15 is 0 Å². The summed E-state index contributed by atoms with van der Waals surface area (Å²) in [5.41, 5.74) is 1.38. The van der Waals surface area contributed by atoms with E-state index in [0.29, 0.717) is 35.6 Å². The molecule has 5 rings (SSSR count). The van der Waals surface area contributed by atoms with Crippen molar-refractivity contribution in [3.05, 3.63) is 66.2 Å². The number of pyridine rings is 1. The fourth-order valence-electron chi connectivity index (χ4n) is 4.44. The van der Waals surface area contributed by atoms with Crippen LogP contribution in [0, 0.1) is 17.8 Å². The summed E-state index contributed by atoms with van der Waals surface area (Å²) in [7, 11) is 0. The van der Waals surface area contributed by atoms with Gasteiger partial charge in [0.25, 0.3) is 11.8 Å². The number of benzene rings is 1. The molecule has 2 fully saturated rings. The van der Waals surface area contributed by atoms with Gasteiger partial charge in [-0.15, -0.1) is 0 Å². The predicted molar refractivity (Wildman–Crippen MR) is 104 cm³/mol. The van der Waals surface area contributed by atoms with E-state index in [2.05, 4.69) is 10.3 Å². The Bertz CT molecular complexity index is 985. The Kier molecular flexibility index (Phi) is 4.11. The molecule has 2 aromatic heterocycles. The largest absolute Gasteiger partial charge is 0.449 e. The van der Waals surface area contributed by atoms with Gasteiger partial charge in [-0.05, 0) is 48.4 Å². The van der Waals surface area contributed by atoms with E-state index in [1.807, 2.05) is 41.3 Å². The number of rotatable bonds is 5. The van der Waals surface area contributed by atoms with Crippen LogP contribution in [0.1, 0.15) is 27.3 Å². The molecular weight excluding hydrogens is 354 g/mol. The Morgan fingerprint density at radius 3 is 2.68 bits per heavy atom. The van der Waals surface area contributed by atoms with Crippen LogP contribution >= 0.6 is 0 Å². The van der Waals surface area contributed by atoms with Gasteiger partial charge in [0.15, 0.2) is 11.3 Å². The lowest BCUT2D eigenvalue weighted by atomic mass is 10.1. The van der Waals surface area contributed by atoms with Crippen LogP contribution in [0.4, 0.5) is 0 Å². The molecule has 0 radical (unpaired) electrons. The number of hydrogen-bond acceptors (Lipinski definition) is 4. The Balaban J connectivity index is 1.09. The molecular formula is C22H21N3O3. The first kappa shape index (κ1) is 17.0. The number of fused-ring (bicyclic) bond motifs is 2. The van der Waals surface area contributed by atoms with Crippen molar-refractivity contribution in [2.75, 3.05) is 19.6 Å². The second-order valence-electron chi connectivity index (χ2n) is 7.64. The van der Waals surface area contributed by atoms with Crippen LogP contribution in [0.3, 0.4) is 0 Å². The first-order valence-electron chi connectivity index (χ1n) is 9.67. The van der Waals surface area contributed by atoms with Gasteiger partial charge in [0, 0.05) is 36.8 Å². The van der Waals surface area contributed by atoms with Crippen LogP contribution in [0.15, 0.2) is 59.3 Å². The Morgan fingerprint density at radius 2 is 1.93 bits per heavy atom. The summed E-state index contributed by atoms with van der Waals surface area (Å²) in [5.74, 6) is 1.99. The number of hydrogen-bond donors (Lipinski definition) is 1. The minimum absolute atomic E-state index is 0.124. The van der Waals surface area contributed by atoms with Crippen LogP contribution in [0.2, 0.25) is 0 Å². The van der Waals surface area contributed by atoms with Crippen LogP contribution < -0.4 is 5.32 Å². The molecule has 0 bridgehead atoms. The van der Waals surface area contributed by atoms with E-state index in [1.54, 1.807) is 18.5 Å². The quantitative estimate of drug-likeness (QED) is 0.744. The highest BCUT2D eigenvalue weighted by Crippen LogP contribution is 2.53. The summed E-state index contributed by atoms with van der Waals surface area (Å²) in [6, 6.07) is 13.0. The van der Waals surface area contributed by atoms with Crippen molar-refractivity contribution < 1.29 is 14.0 Å². The molecule has 2 atom stereocenters. The van der Waals surface area contributed by atoms with Crippen LogP contribution in [0.5, 0.6) is 0 Å². The number of carbonyl (C=O) groups excluding carboxylic acids is 2. The first-order chi connectivity index (χ1) is 13.7. The van der Waals surface area contributed by atoms with Gasteiger partial charge in [0.05, 0.1) is 6.20 Å². The number of piperidine rings is 1. The average Bonchev–Trinajstić information content (AvgIpc) is 3.10. The van der Waals surface area contributed by atoms with E-state index in [1.165, 1.54) is 0 Å². The lowest BCUT2D eigenvalue weighted by Gasteiger charge is -2.20. The number of furan rings is 1. The lowest BCUT2D eigenvalue weighted by Crippen LogP contribution is -2.32. The summed E-state index contributed by atoms with van der Waals surface area (Å²) in [6.45, 7) is 2.28. The zero-order valence-electron chi connectivity index (χ0n) is 15.4. The molecule has 6 nitrogen and oxygen atoms in total. The second-order valence-corrected chi connectivity index (χ2v) is 7.64. The van der Waals surface area contributed by atoms with Crippen molar-refractivity contribution in [3.8, 4) is 0 Å². The third-order valence-electron chi connectivity index (χ3n) is 5.99. The van der Waals surface area contributed by atoms with Gasteiger partial charge < -0.3 is 14.6 Å². The zero-order valence-corrected chi connectivity index (χ0v) is 15.4. The molecule has 142 valence electrons.